The number of hydrogen-bond acceptors (Lipinski definition) is 3. The number of benzene rings is 1. The number of carbonyl (C=O) groups excluding carboxylic acids is 1. The van der Waals surface area contributed by atoms with Gasteiger partial charge in [0.25, 0.3) is 0 Å². The van der Waals surface area contributed by atoms with Crippen LogP contribution >= 0.6 is 24.0 Å². The molecule has 118 valence electrons. The molecule has 0 aromatic heterocycles. The van der Waals surface area contributed by atoms with Crippen molar-refractivity contribution in [2.75, 3.05) is 26.3 Å². The molecule has 0 aliphatic carbocycles. The molecule has 1 atom stereocenters. The average molecular weight is 333 g/mol. The van der Waals surface area contributed by atoms with Crippen molar-refractivity contribution in [3.05, 3.63) is 34.9 Å². The summed E-state index contributed by atoms with van der Waals surface area (Å²) in [5.41, 5.74) is 1.09. The molecule has 1 amide bonds. The zero-order valence-electron chi connectivity index (χ0n) is 12.2. The van der Waals surface area contributed by atoms with Gasteiger partial charge in [-0.15, -0.1) is 12.4 Å². The molecule has 0 saturated carbocycles. The van der Waals surface area contributed by atoms with Gasteiger partial charge in [-0.25, -0.2) is 0 Å². The van der Waals surface area contributed by atoms with Crippen LogP contribution < -0.4 is 5.32 Å². The van der Waals surface area contributed by atoms with Crippen molar-refractivity contribution in [3.8, 4) is 0 Å². The van der Waals surface area contributed by atoms with Crippen LogP contribution in [0.4, 0.5) is 0 Å². The number of rotatable bonds is 5. The van der Waals surface area contributed by atoms with Gasteiger partial charge in [0.2, 0.25) is 5.91 Å². The Balaban J connectivity index is 0.00000220. The molecular formula is C15H22Cl2N2O2. The summed E-state index contributed by atoms with van der Waals surface area (Å²) in [5, 5.41) is 4.02. The number of hydrogen-bond donors (Lipinski definition) is 1. The van der Waals surface area contributed by atoms with Crippen molar-refractivity contribution in [2.45, 2.75) is 25.9 Å². The third kappa shape index (κ3) is 5.83. The highest BCUT2D eigenvalue weighted by Crippen LogP contribution is 2.12. The van der Waals surface area contributed by atoms with Crippen LogP contribution in [0, 0.1) is 0 Å². The maximum absolute atomic E-state index is 12.3. The van der Waals surface area contributed by atoms with E-state index in [1.165, 1.54) is 0 Å². The van der Waals surface area contributed by atoms with Gasteiger partial charge in [0, 0.05) is 37.1 Å². The van der Waals surface area contributed by atoms with Gasteiger partial charge < -0.3 is 15.0 Å². The van der Waals surface area contributed by atoms with Crippen LogP contribution in [-0.4, -0.2) is 43.2 Å². The van der Waals surface area contributed by atoms with Gasteiger partial charge in [-0.1, -0.05) is 23.7 Å². The second-order valence-corrected chi connectivity index (χ2v) is 5.40. The summed E-state index contributed by atoms with van der Waals surface area (Å²) in [6, 6.07) is 7.76. The predicted molar refractivity (Wildman–Crippen MR) is 87.0 cm³/mol. The maximum atomic E-state index is 12.3. The summed E-state index contributed by atoms with van der Waals surface area (Å²) in [6.45, 7) is 5.49. The molecule has 1 fully saturated rings. The van der Waals surface area contributed by atoms with Crippen LogP contribution in [0.25, 0.3) is 0 Å². The van der Waals surface area contributed by atoms with Gasteiger partial charge in [-0.05, 0) is 24.6 Å². The van der Waals surface area contributed by atoms with Crippen LogP contribution in [0.5, 0.6) is 0 Å². The van der Waals surface area contributed by atoms with E-state index in [4.69, 9.17) is 16.3 Å². The number of carbonyl (C=O) groups is 1. The van der Waals surface area contributed by atoms with Gasteiger partial charge in [-0.3, -0.25) is 4.79 Å². The standard InChI is InChI=1S/C15H21ClN2O2.ClH/c1-2-18(10-12-3-5-13(16)6-4-12)15(19)9-14-11-20-8-7-17-14;/h3-6,14,17H,2,7-11H2,1H3;1H. The molecule has 1 saturated heterocycles. The van der Waals surface area contributed by atoms with Crippen LogP contribution in [-0.2, 0) is 16.1 Å². The second-order valence-electron chi connectivity index (χ2n) is 4.96. The van der Waals surface area contributed by atoms with E-state index in [-0.39, 0.29) is 24.4 Å². The molecule has 1 aromatic rings. The Hall–Kier alpha value is -0.810. The molecule has 1 aliphatic heterocycles. The van der Waals surface area contributed by atoms with Crippen LogP contribution in [0.1, 0.15) is 18.9 Å². The van der Waals surface area contributed by atoms with E-state index in [1.807, 2.05) is 36.1 Å². The summed E-state index contributed by atoms with van der Waals surface area (Å²) in [5.74, 6) is 0.158. The fourth-order valence-electron chi connectivity index (χ4n) is 2.28. The smallest absolute Gasteiger partial charge is 0.224 e. The molecule has 0 radical (unpaired) electrons. The van der Waals surface area contributed by atoms with Gasteiger partial charge in [0.1, 0.15) is 0 Å². The Kier molecular flexibility index (Phi) is 8.04. The summed E-state index contributed by atoms with van der Waals surface area (Å²) in [6.07, 6.45) is 0.488. The summed E-state index contributed by atoms with van der Waals surface area (Å²) in [4.78, 5) is 14.2. The molecule has 1 aromatic carbocycles. The largest absolute Gasteiger partial charge is 0.378 e. The number of ether oxygens (including phenoxy) is 1. The Morgan fingerprint density at radius 1 is 1.43 bits per heavy atom. The van der Waals surface area contributed by atoms with E-state index in [9.17, 15) is 4.79 Å². The molecule has 0 spiro atoms. The lowest BCUT2D eigenvalue weighted by Crippen LogP contribution is -2.45. The Morgan fingerprint density at radius 3 is 2.71 bits per heavy atom. The van der Waals surface area contributed by atoms with Gasteiger partial charge >= 0.3 is 0 Å². The molecule has 1 N–H and O–H groups in total. The molecule has 1 aliphatic rings. The summed E-state index contributed by atoms with van der Waals surface area (Å²) >= 11 is 5.87. The van der Waals surface area contributed by atoms with Gasteiger partial charge in [0.15, 0.2) is 0 Å². The monoisotopic (exact) mass is 332 g/mol. The van der Waals surface area contributed by atoms with E-state index < -0.39 is 0 Å². The van der Waals surface area contributed by atoms with Crippen LogP contribution in [0.3, 0.4) is 0 Å². The van der Waals surface area contributed by atoms with Crippen molar-refractivity contribution in [2.24, 2.45) is 0 Å². The molecule has 21 heavy (non-hydrogen) atoms. The molecule has 4 nitrogen and oxygen atoms in total. The fraction of sp³-hybridized carbons (Fsp3) is 0.533. The first-order valence-electron chi connectivity index (χ1n) is 7.02. The Labute approximate surface area is 137 Å². The lowest BCUT2D eigenvalue weighted by Gasteiger charge is -2.27. The third-order valence-electron chi connectivity index (χ3n) is 3.44. The molecule has 0 bridgehead atoms. The third-order valence-corrected chi connectivity index (χ3v) is 3.69. The van der Waals surface area contributed by atoms with Crippen molar-refractivity contribution in [1.29, 1.82) is 0 Å². The predicted octanol–water partition coefficient (Wildman–Crippen LogP) is 2.49. The maximum Gasteiger partial charge on any atom is 0.224 e. The summed E-state index contributed by atoms with van der Waals surface area (Å²) < 4.78 is 5.38. The number of nitrogens with one attached hydrogen (secondary N) is 1. The summed E-state index contributed by atoms with van der Waals surface area (Å²) in [7, 11) is 0. The zero-order chi connectivity index (χ0) is 14.4. The molecular weight excluding hydrogens is 311 g/mol. The van der Waals surface area contributed by atoms with Crippen molar-refractivity contribution < 1.29 is 9.53 Å². The first-order chi connectivity index (χ1) is 9.69. The minimum Gasteiger partial charge on any atom is -0.378 e. The van der Waals surface area contributed by atoms with Crippen LogP contribution in [0.2, 0.25) is 5.02 Å². The zero-order valence-corrected chi connectivity index (χ0v) is 13.8. The van der Waals surface area contributed by atoms with Crippen molar-refractivity contribution >= 4 is 29.9 Å². The average Bonchev–Trinajstić information content (AvgIpc) is 2.47. The van der Waals surface area contributed by atoms with E-state index in [2.05, 4.69) is 5.32 Å². The Bertz CT molecular complexity index is 434. The minimum atomic E-state index is 0. The molecule has 2 rings (SSSR count). The lowest BCUT2D eigenvalue weighted by atomic mass is 10.1. The number of nitrogens with zero attached hydrogens (tertiary/aromatic N) is 1. The lowest BCUT2D eigenvalue weighted by molar-refractivity contribution is -0.132. The quantitative estimate of drug-likeness (QED) is 0.900. The van der Waals surface area contributed by atoms with Crippen molar-refractivity contribution in [3.63, 3.8) is 0 Å². The number of morpholine rings is 1. The van der Waals surface area contributed by atoms with E-state index in [0.717, 1.165) is 18.7 Å². The normalized spacial score (nSPS) is 17.9. The highest BCUT2D eigenvalue weighted by Gasteiger charge is 2.20. The topological polar surface area (TPSA) is 41.6 Å². The van der Waals surface area contributed by atoms with E-state index in [1.54, 1.807) is 0 Å². The fourth-order valence-corrected chi connectivity index (χ4v) is 2.40. The number of amides is 1. The van der Waals surface area contributed by atoms with Gasteiger partial charge in [-0.2, -0.15) is 0 Å². The van der Waals surface area contributed by atoms with E-state index in [0.29, 0.717) is 31.1 Å². The molecule has 1 heterocycles. The minimum absolute atomic E-state index is 0. The second kappa shape index (κ2) is 9.26. The first-order valence-corrected chi connectivity index (χ1v) is 7.40. The first kappa shape index (κ1) is 18.2. The Morgan fingerprint density at radius 2 is 2.14 bits per heavy atom. The van der Waals surface area contributed by atoms with Crippen molar-refractivity contribution in [1.82, 2.24) is 10.2 Å². The highest BCUT2D eigenvalue weighted by molar-refractivity contribution is 6.30. The number of halogens is 2. The van der Waals surface area contributed by atoms with Crippen LogP contribution in [0.15, 0.2) is 24.3 Å². The molecule has 1 unspecified atom stereocenters. The van der Waals surface area contributed by atoms with Gasteiger partial charge in [0.05, 0.1) is 13.2 Å². The SMILES string of the molecule is CCN(Cc1ccc(Cl)cc1)C(=O)CC1COCCN1.Cl. The highest BCUT2D eigenvalue weighted by atomic mass is 35.5. The van der Waals surface area contributed by atoms with E-state index >= 15 is 0 Å². The molecule has 6 heteroatoms.